The third-order valence-electron chi connectivity index (χ3n) is 4.14. The van der Waals surface area contributed by atoms with Crippen molar-refractivity contribution in [3.63, 3.8) is 0 Å². The average molecular weight is 530 g/mol. The topological polar surface area (TPSA) is 118 Å². The fourth-order valence-electron chi connectivity index (χ4n) is 2.68. The predicted molar refractivity (Wildman–Crippen MR) is 124 cm³/mol. The molecular weight excluding hydrogens is 510 g/mol. The van der Waals surface area contributed by atoms with Gasteiger partial charge in [-0.2, -0.15) is 33.2 Å². The zero-order chi connectivity index (χ0) is 26.9. The number of nitrogens with one attached hydrogen (secondary N) is 4. The Morgan fingerprint density at radius 2 is 1.46 bits per heavy atom. The summed E-state index contributed by atoms with van der Waals surface area (Å²) in [6.45, 7) is 0.722. The van der Waals surface area contributed by atoms with E-state index in [9.17, 15) is 26.3 Å². The van der Waals surface area contributed by atoms with Crippen LogP contribution in [-0.2, 0) is 4.74 Å². The van der Waals surface area contributed by atoms with Gasteiger partial charge < -0.3 is 20.1 Å². The van der Waals surface area contributed by atoms with Crippen LogP contribution in [0, 0.1) is 0 Å². The minimum absolute atomic E-state index is 0.000972. The second-order valence-corrected chi connectivity index (χ2v) is 7.04. The van der Waals surface area contributed by atoms with Gasteiger partial charge in [-0.3, -0.25) is 5.32 Å². The highest BCUT2D eigenvalue weighted by atomic mass is 19.4. The van der Waals surface area contributed by atoms with E-state index in [4.69, 9.17) is 4.74 Å². The number of anilines is 5. The number of hydrogen-bond acceptors (Lipinski definition) is 10. The summed E-state index contributed by atoms with van der Waals surface area (Å²) in [6, 6.07) is 10.2. The third-order valence-corrected chi connectivity index (χ3v) is 4.14. The van der Waals surface area contributed by atoms with E-state index in [-0.39, 0.29) is 23.5 Å². The molecule has 0 radical (unpaired) electrons. The first kappa shape index (κ1) is 27.3. The van der Waals surface area contributed by atoms with Crippen LogP contribution in [0.15, 0.2) is 53.6 Å². The Labute approximate surface area is 206 Å². The average Bonchev–Trinajstić information content (AvgIpc) is 2.80. The molecular formula is C21H20F6N8O2. The third kappa shape index (κ3) is 10.0. The number of hydrogen-bond donors (Lipinski definition) is 4. The molecule has 198 valence electrons. The lowest BCUT2D eigenvalue weighted by atomic mass is 10.2. The van der Waals surface area contributed by atoms with Gasteiger partial charge in [0.25, 0.3) is 0 Å². The summed E-state index contributed by atoms with van der Waals surface area (Å²) in [4.78, 5) is 12.5. The second-order valence-electron chi connectivity index (χ2n) is 7.04. The Balaban J connectivity index is 1.70. The number of halogens is 6. The van der Waals surface area contributed by atoms with E-state index in [1.807, 2.05) is 0 Å². The summed E-state index contributed by atoms with van der Waals surface area (Å²) >= 11 is 0. The van der Waals surface area contributed by atoms with Crippen molar-refractivity contribution >= 4 is 35.4 Å². The highest BCUT2D eigenvalue weighted by molar-refractivity contribution is 5.80. The molecule has 1 heterocycles. The summed E-state index contributed by atoms with van der Waals surface area (Å²) in [7, 11) is 1.52. The molecule has 0 aliphatic rings. The van der Waals surface area contributed by atoms with Crippen molar-refractivity contribution in [1.29, 1.82) is 0 Å². The Hall–Kier alpha value is -4.34. The van der Waals surface area contributed by atoms with Crippen LogP contribution in [0.2, 0.25) is 0 Å². The maximum atomic E-state index is 12.4. The van der Waals surface area contributed by atoms with Crippen LogP contribution in [0.4, 0.5) is 55.6 Å². The van der Waals surface area contributed by atoms with Crippen molar-refractivity contribution in [2.75, 3.05) is 41.6 Å². The van der Waals surface area contributed by atoms with Crippen LogP contribution in [0.25, 0.3) is 0 Å². The lowest BCUT2D eigenvalue weighted by molar-refractivity contribution is -0.274. The second kappa shape index (κ2) is 12.1. The summed E-state index contributed by atoms with van der Waals surface area (Å²) in [5.74, 6) is -0.206. The Kier molecular flexibility index (Phi) is 8.89. The zero-order valence-electron chi connectivity index (χ0n) is 19.0. The fraction of sp³-hybridized carbons (Fsp3) is 0.238. The monoisotopic (exact) mass is 530 g/mol. The van der Waals surface area contributed by atoms with E-state index >= 15 is 0 Å². The van der Waals surface area contributed by atoms with E-state index in [1.165, 1.54) is 55.0 Å². The normalized spacial score (nSPS) is 11.9. The first-order valence-corrected chi connectivity index (χ1v) is 10.3. The highest BCUT2D eigenvalue weighted by Crippen LogP contribution is 2.25. The molecule has 0 saturated carbocycles. The number of nitrogens with zero attached hydrogens (tertiary/aromatic N) is 4. The molecule has 4 N–H and O–H groups in total. The number of aromatic nitrogens is 3. The summed E-state index contributed by atoms with van der Waals surface area (Å²) in [5, 5.41) is 11.1. The molecule has 10 nitrogen and oxygen atoms in total. The van der Waals surface area contributed by atoms with E-state index in [0.717, 1.165) is 12.1 Å². The SMILES string of the molecule is COCCNc1nc(N/N=C/c2ccc(NC(F)(F)F)cc2)nc(Nc2ccc(OC(F)(F)F)cc2)n1. The zero-order valence-corrected chi connectivity index (χ0v) is 19.0. The van der Waals surface area contributed by atoms with Gasteiger partial charge in [-0.25, -0.2) is 5.43 Å². The van der Waals surface area contributed by atoms with Crippen molar-refractivity contribution in [2.45, 2.75) is 12.7 Å². The van der Waals surface area contributed by atoms with Gasteiger partial charge in [-0.1, -0.05) is 12.1 Å². The number of hydrazone groups is 1. The van der Waals surface area contributed by atoms with E-state index < -0.39 is 18.4 Å². The van der Waals surface area contributed by atoms with E-state index in [0.29, 0.717) is 24.4 Å². The lowest BCUT2D eigenvalue weighted by Crippen LogP contribution is -2.20. The smallest absolute Gasteiger partial charge is 0.406 e. The summed E-state index contributed by atoms with van der Waals surface area (Å²) in [5.41, 5.74) is 3.32. The molecule has 0 spiro atoms. The summed E-state index contributed by atoms with van der Waals surface area (Å²) < 4.78 is 83.0. The van der Waals surface area contributed by atoms with Gasteiger partial charge in [-0.05, 0) is 42.0 Å². The quantitative estimate of drug-likeness (QED) is 0.0898. The molecule has 0 saturated heterocycles. The molecule has 0 aliphatic carbocycles. The van der Waals surface area contributed by atoms with Gasteiger partial charge in [-0.15, -0.1) is 13.2 Å². The predicted octanol–water partition coefficient (Wildman–Crippen LogP) is 4.95. The molecule has 16 heteroatoms. The van der Waals surface area contributed by atoms with Crippen LogP contribution in [0.3, 0.4) is 0 Å². The van der Waals surface area contributed by atoms with Crippen LogP contribution in [0.1, 0.15) is 5.56 Å². The van der Waals surface area contributed by atoms with Crippen molar-refractivity contribution in [3.8, 4) is 5.75 Å². The van der Waals surface area contributed by atoms with E-state index in [1.54, 1.807) is 0 Å². The van der Waals surface area contributed by atoms with Gasteiger partial charge in [0.15, 0.2) is 0 Å². The van der Waals surface area contributed by atoms with Crippen LogP contribution < -0.4 is 26.1 Å². The lowest BCUT2D eigenvalue weighted by Gasteiger charge is -2.11. The Bertz CT molecular complexity index is 1170. The number of rotatable bonds is 11. The minimum Gasteiger partial charge on any atom is -0.406 e. The Morgan fingerprint density at radius 3 is 2.08 bits per heavy atom. The molecule has 3 rings (SSSR count). The molecule has 2 aromatic carbocycles. The van der Waals surface area contributed by atoms with Gasteiger partial charge in [0.2, 0.25) is 17.8 Å². The van der Waals surface area contributed by atoms with Gasteiger partial charge >= 0.3 is 12.7 Å². The number of methoxy groups -OCH3 is 1. The van der Waals surface area contributed by atoms with Gasteiger partial charge in [0, 0.05) is 25.0 Å². The van der Waals surface area contributed by atoms with Gasteiger partial charge in [0.1, 0.15) is 5.75 Å². The minimum atomic E-state index is -4.81. The summed E-state index contributed by atoms with van der Waals surface area (Å²) in [6.07, 6.45) is -8.02. The van der Waals surface area contributed by atoms with Crippen molar-refractivity contribution < 1.29 is 35.8 Å². The van der Waals surface area contributed by atoms with Crippen molar-refractivity contribution in [3.05, 3.63) is 54.1 Å². The van der Waals surface area contributed by atoms with E-state index in [2.05, 4.69) is 40.8 Å². The molecule has 0 amide bonds. The fourth-order valence-corrected chi connectivity index (χ4v) is 2.68. The van der Waals surface area contributed by atoms with Crippen LogP contribution in [0.5, 0.6) is 5.75 Å². The molecule has 1 aromatic heterocycles. The number of alkyl halides is 6. The van der Waals surface area contributed by atoms with Crippen molar-refractivity contribution in [2.24, 2.45) is 5.10 Å². The maximum Gasteiger partial charge on any atom is 0.573 e. The standard InChI is InChI=1S/C21H20F6N8O2/c1-36-11-10-28-17-31-18(30-14-6-8-16(9-7-14)37-21(25,26)27)33-19(32-17)35-29-12-13-2-4-15(5-3-13)34-20(22,23)24/h2-9,12,34H,10-11H2,1H3,(H3,28,30,31,32,33,35)/b29-12+. The first-order chi connectivity index (χ1) is 17.5. The van der Waals surface area contributed by atoms with Gasteiger partial charge in [0.05, 0.1) is 12.8 Å². The maximum absolute atomic E-state index is 12.4. The Morgan fingerprint density at radius 1 is 0.838 bits per heavy atom. The molecule has 0 aliphatic heterocycles. The number of ether oxygens (including phenoxy) is 2. The number of benzene rings is 2. The molecule has 37 heavy (non-hydrogen) atoms. The molecule has 0 atom stereocenters. The molecule has 0 bridgehead atoms. The highest BCUT2D eigenvalue weighted by Gasteiger charge is 2.31. The molecule has 0 fully saturated rings. The van der Waals surface area contributed by atoms with Crippen LogP contribution in [-0.4, -0.2) is 54.1 Å². The molecule has 0 unspecified atom stereocenters. The first-order valence-electron chi connectivity index (χ1n) is 10.3. The largest absolute Gasteiger partial charge is 0.573 e. The van der Waals surface area contributed by atoms with Crippen LogP contribution >= 0.6 is 0 Å². The molecule has 3 aromatic rings. The van der Waals surface area contributed by atoms with Crippen molar-refractivity contribution in [1.82, 2.24) is 15.0 Å².